The lowest BCUT2D eigenvalue weighted by Gasteiger charge is -2.26. The molecule has 25 heavy (non-hydrogen) atoms. The Kier molecular flexibility index (Phi) is 4.08. The number of hydrogen-bond donors (Lipinski definition) is 0. The van der Waals surface area contributed by atoms with Gasteiger partial charge in [-0.2, -0.15) is 0 Å². The van der Waals surface area contributed by atoms with Gasteiger partial charge < -0.3 is 4.90 Å². The molecule has 2 atom stereocenters. The molecule has 2 aromatic rings. The highest BCUT2D eigenvalue weighted by atomic mass is 32.2. The van der Waals surface area contributed by atoms with Crippen LogP contribution in [0.1, 0.15) is 27.6 Å². The van der Waals surface area contributed by atoms with Crippen molar-refractivity contribution >= 4 is 40.7 Å². The molecule has 0 spiro atoms. The molecular weight excluding hydrogens is 348 g/mol. The van der Waals surface area contributed by atoms with Crippen molar-refractivity contribution < 1.29 is 4.79 Å². The lowest BCUT2D eigenvalue weighted by Crippen LogP contribution is -2.34. The maximum absolute atomic E-state index is 13.1. The molecule has 2 aromatic carbocycles. The Balaban J connectivity index is 1.71. The second-order valence-electron chi connectivity index (χ2n) is 6.69. The van der Waals surface area contributed by atoms with E-state index in [2.05, 4.69) is 56.0 Å². The van der Waals surface area contributed by atoms with Crippen molar-refractivity contribution in [1.29, 1.82) is 0 Å². The van der Waals surface area contributed by atoms with E-state index in [1.807, 2.05) is 12.1 Å². The van der Waals surface area contributed by atoms with Gasteiger partial charge in [0.05, 0.1) is 5.69 Å². The van der Waals surface area contributed by atoms with Crippen LogP contribution < -0.4 is 4.90 Å². The summed E-state index contributed by atoms with van der Waals surface area (Å²) in [7, 11) is 0. The molecule has 0 aliphatic carbocycles. The van der Waals surface area contributed by atoms with Crippen molar-refractivity contribution in [3.05, 3.63) is 64.7 Å². The van der Waals surface area contributed by atoms with Crippen molar-refractivity contribution in [2.24, 2.45) is 0 Å². The molecular formula is C20H20N2OS2. The molecule has 0 radical (unpaired) electrons. The van der Waals surface area contributed by atoms with E-state index in [0.29, 0.717) is 5.11 Å². The van der Waals surface area contributed by atoms with Crippen LogP contribution in [0.25, 0.3) is 0 Å². The van der Waals surface area contributed by atoms with Crippen LogP contribution in [-0.4, -0.2) is 27.7 Å². The quantitative estimate of drug-likeness (QED) is 0.735. The zero-order chi connectivity index (χ0) is 17.7. The van der Waals surface area contributed by atoms with E-state index >= 15 is 0 Å². The first kappa shape index (κ1) is 16.6. The minimum absolute atomic E-state index is 0.0980. The Morgan fingerprint density at radius 2 is 1.80 bits per heavy atom. The largest absolute Gasteiger partial charge is 0.319 e. The SMILES string of the molecule is Cc1ccc(C2SCC3C(=O)N(c4cccc(C)c4C)C(=S)N32)cc1. The van der Waals surface area contributed by atoms with Crippen LogP contribution >= 0.6 is 24.0 Å². The second-order valence-corrected chi connectivity index (χ2v) is 8.17. The van der Waals surface area contributed by atoms with E-state index in [1.165, 1.54) is 16.7 Å². The van der Waals surface area contributed by atoms with Crippen LogP contribution in [0.2, 0.25) is 0 Å². The minimum atomic E-state index is -0.163. The fourth-order valence-corrected chi connectivity index (χ4v) is 5.39. The highest BCUT2D eigenvalue weighted by molar-refractivity contribution is 7.99. The Morgan fingerprint density at radius 1 is 1.08 bits per heavy atom. The first-order chi connectivity index (χ1) is 12.0. The van der Waals surface area contributed by atoms with Gasteiger partial charge in [-0.1, -0.05) is 42.0 Å². The fraction of sp³-hybridized carbons (Fsp3) is 0.300. The molecule has 5 heteroatoms. The van der Waals surface area contributed by atoms with Gasteiger partial charge in [0, 0.05) is 5.75 Å². The number of thioether (sulfide) groups is 1. The van der Waals surface area contributed by atoms with Gasteiger partial charge in [-0.3, -0.25) is 9.69 Å². The number of hydrogen-bond acceptors (Lipinski definition) is 3. The maximum atomic E-state index is 13.1. The zero-order valence-electron chi connectivity index (χ0n) is 14.5. The number of benzene rings is 2. The first-order valence-electron chi connectivity index (χ1n) is 8.39. The lowest BCUT2D eigenvalue weighted by atomic mass is 10.1. The smallest absolute Gasteiger partial charge is 0.257 e. The normalized spacial score (nSPS) is 22.7. The molecule has 2 aliphatic rings. The molecule has 2 saturated heterocycles. The van der Waals surface area contributed by atoms with Gasteiger partial charge in [0.25, 0.3) is 5.91 Å². The minimum Gasteiger partial charge on any atom is -0.319 e. The molecule has 2 heterocycles. The average molecular weight is 369 g/mol. The highest BCUT2D eigenvalue weighted by Crippen LogP contribution is 2.46. The van der Waals surface area contributed by atoms with E-state index in [9.17, 15) is 4.79 Å². The molecule has 1 amide bonds. The molecule has 0 bridgehead atoms. The molecule has 4 rings (SSSR count). The monoisotopic (exact) mass is 368 g/mol. The first-order valence-corrected chi connectivity index (χ1v) is 9.85. The average Bonchev–Trinajstić information content (AvgIpc) is 3.13. The number of aryl methyl sites for hydroxylation is 2. The predicted octanol–water partition coefficient (Wildman–Crippen LogP) is 4.36. The van der Waals surface area contributed by atoms with Gasteiger partial charge >= 0.3 is 0 Å². The number of amides is 1. The number of rotatable bonds is 2. The standard InChI is InChI=1S/C20H20N2OS2/c1-12-7-9-15(10-8-12)19-22-17(11-25-19)18(23)21(20(22)24)16-6-4-5-13(2)14(16)3/h4-10,17,19H,11H2,1-3H3. The van der Waals surface area contributed by atoms with E-state index < -0.39 is 0 Å². The van der Waals surface area contributed by atoms with Crippen LogP contribution in [0, 0.1) is 20.8 Å². The summed E-state index contributed by atoms with van der Waals surface area (Å²) in [5.74, 6) is 0.875. The molecule has 0 saturated carbocycles. The predicted molar refractivity (Wildman–Crippen MR) is 108 cm³/mol. The molecule has 2 unspecified atom stereocenters. The Morgan fingerprint density at radius 3 is 2.52 bits per heavy atom. The van der Waals surface area contributed by atoms with Crippen molar-refractivity contribution in [2.75, 3.05) is 10.7 Å². The Bertz CT molecular complexity index is 862. The second kappa shape index (κ2) is 6.15. The Labute approximate surface area is 158 Å². The summed E-state index contributed by atoms with van der Waals surface area (Å²) in [6.45, 7) is 6.20. The third-order valence-corrected chi connectivity index (χ3v) is 6.81. The van der Waals surface area contributed by atoms with Crippen molar-refractivity contribution in [3.63, 3.8) is 0 Å². The van der Waals surface area contributed by atoms with Gasteiger partial charge in [0.15, 0.2) is 5.11 Å². The highest BCUT2D eigenvalue weighted by Gasteiger charge is 2.51. The molecule has 3 nitrogen and oxygen atoms in total. The van der Waals surface area contributed by atoms with E-state index in [-0.39, 0.29) is 17.3 Å². The van der Waals surface area contributed by atoms with Crippen LogP contribution in [0.15, 0.2) is 42.5 Å². The number of carbonyl (C=O) groups excluding carboxylic acids is 1. The lowest BCUT2D eigenvalue weighted by molar-refractivity contribution is -0.119. The van der Waals surface area contributed by atoms with Crippen LogP contribution in [0.4, 0.5) is 5.69 Å². The number of fused-ring (bicyclic) bond motifs is 1. The summed E-state index contributed by atoms with van der Waals surface area (Å²) < 4.78 is 0. The summed E-state index contributed by atoms with van der Waals surface area (Å²) in [6, 6.07) is 14.4. The van der Waals surface area contributed by atoms with Crippen LogP contribution in [-0.2, 0) is 4.79 Å². The third-order valence-electron chi connectivity index (χ3n) is 5.10. The van der Waals surface area contributed by atoms with Gasteiger partial charge in [0.2, 0.25) is 0 Å². The zero-order valence-corrected chi connectivity index (χ0v) is 16.2. The Hall–Kier alpha value is -1.85. The summed E-state index contributed by atoms with van der Waals surface area (Å²) >= 11 is 7.56. The van der Waals surface area contributed by atoms with Crippen molar-refractivity contribution in [2.45, 2.75) is 32.2 Å². The molecule has 2 aliphatic heterocycles. The summed E-state index contributed by atoms with van der Waals surface area (Å²) in [6.07, 6.45) is 0. The van der Waals surface area contributed by atoms with Crippen LogP contribution in [0.5, 0.6) is 0 Å². The number of thiocarbonyl (C=S) groups is 1. The molecule has 2 fully saturated rings. The van der Waals surface area contributed by atoms with Crippen molar-refractivity contribution in [3.8, 4) is 0 Å². The van der Waals surface area contributed by atoms with E-state index in [4.69, 9.17) is 12.2 Å². The molecule has 0 aromatic heterocycles. The number of carbonyl (C=O) groups is 1. The van der Waals surface area contributed by atoms with Gasteiger partial charge in [-0.05, 0) is 55.7 Å². The molecule has 0 N–H and O–H groups in total. The third kappa shape index (κ3) is 2.57. The summed E-state index contributed by atoms with van der Waals surface area (Å²) in [5.41, 5.74) is 5.64. The number of anilines is 1. The fourth-order valence-electron chi connectivity index (χ4n) is 3.48. The summed E-state index contributed by atoms with van der Waals surface area (Å²) in [5, 5.41) is 0.733. The summed E-state index contributed by atoms with van der Waals surface area (Å²) in [4.78, 5) is 16.9. The van der Waals surface area contributed by atoms with Gasteiger partial charge in [-0.25, -0.2) is 0 Å². The van der Waals surface area contributed by atoms with Crippen LogP contribution in [0.3, 0.4) is 0 Å². The van der Waals surface area contributed by atoms with Gasteiger partial charge in [-0.15, -0.1) is 11.8 Å². The molecule has 128 valence electrons. The maximum Gasteiger partial charge on any atom is 0.257 e. The van der Waals surface area contributed by atoms with Crippen molar-refractivity contribution in [1.82, 2.24) is 4.90 Å². The number of nitrogens with zero attached hydrogens (tertiary/aromatic N) is 2. The van der Waals surface area contributed by atoms with E-state index in [0.717, 1.165) is 17.0 Å². The topological polar surface area (TPSA) is 23.6 Å². The van der Waals surface area contributed by atoms with Gasteiger partial charge in [0.1, 0.15) is 11.4 Å². The van der Waals surface area contributed by atoms with E-state index in [1.54, 1.807) is 16.7 Å².